The molecule has 0 heterocycles. The average molecular weight is 301 g/mol. The van der Waals surface area contributed by atoms with Gasteiger partial charge in [-0.15, -0.1) is 0 Å². The number of carboxylic acid groups (broad SMARTS) is 1. The van der Waals surface area contributed by atoms with Crippen molar-refractivity contribution in [2.45, 2.75) is 59.0 Å². The molecule has 0 aliphatic carbocycles. The Morgan fingerprint density at radius 3 is 2.24 bits per heavy atom. The molecule has 122 valence electrons. The number of hydrogen-bond donors (Lipinski definition) is 3. The maximum atomic E-state index is 12.0. The predicted molar refractivity (Wildman–Crippen MR) is 80.0 cm³/mol. The van der Waals surface area contributed by atoms with Crippen LogP contribution in [0.2, 0.25) is 0 Å². The molecule has 0 bridgehead atoms. The molecule has 0 aromatic rings. The maximum Gasteiger partial charge on any atom is 0.317 e. The van der Waals surface area contributed by atoms with E-state index in [0.29, 0.717) is 6.54 Å². The van der Waals surface area contributed by atoms with Crippen LogP contribution in [0.15, 0.2) is 0 Å². The number of rotatable bonds is 7. The largest absolute Gasteiger partial charge is 0.481 e. The van der Waals surface area contributed by atoms with Gasteiger partial charge in [-0.2, -0.15) is 0 Å². The summed E-state index contributed by atoms with van der Waals surface area (Å²) in [6.07, 6.45) is 0.0830. The Morgan fingerprint density at radius 2 is 1.81 bits per heavy atom. The first-order valence-electron chi connectivity index (χ1n) is 7.14. The van der Waals surface area contributed by atoms with E-state index in [1.165, 1.54) is 4.90 Å². The molecular formula is C14H27N3O4. The Hall–Kier alpha value is -1.79. The van der Waals surface area contributed by atoms with Gasteiger partial charge in [-0.25, -0.2) is 4.79 Å². The lowest BCUT2D eigenvalue weighted by atomic mass is 10.1. The SMILES string of the molecule is CCN(C(=O)NCCC(=O)NC(C)(C)C)C(C)CC(=O)O. The molecule has 0 saturated heterocycles. The number of hydrogen-bond acceptors (Lipinski definition) is 3. The van der Waals surface area contributed by atoms with Crippen molar-refractivity contribution >= 4 is 17.9 Å². The number of nitrogens with one attached hydrogen (secondary N) is 2. The molecule has 0 aliphatic heterocycles. The van der Waals surface area contributed by atoms with Gasteiger partial charge in [0.25, 0.3) is 0 Å². The Morgan fingerprint density at radius 1 is 1.24 bits per heavy atom. The smallest absolute Gasteiger partial charge is 0.317 e. The quantitative estimate of drug-likeness (QED) is 0.657. The normalized spacial score (nSPS) is 12.4. The Bertz CT molecular complexity index is 377. The molecule has 0 aromatic heterocycles. The van der Waals surface area contributed by atoms with Crippen molar-refractivity contribution in [2.75, 3.05) is 13.1 Å². The van der Waals surface area contributed by atoms with E-state index in [2.05, 4.69) is 10.6 Å². The van der Waals surface area contributed by atoms with Crippen LogP contribution in [-0.4, -0.2) is 52.6 Å². The van der Waals surface area contributed by atoms with Crippen LogP contribution in [0.5, 0.6) is 0 Å². The van der Waals surface area contributed by atoms with Crippen LogP contribution >= 0.6 is 0 Å². The van der Waals surface area contributed by atoms with Gasteiger partial charge in [0.1, 0.15) is 0 Å². The first-order chi connectivity index (χ1) is 9.56. The van der Waals surface area contributed by atoms with Gasteiger partial charge in [-0.05, 0) is 34.6 Å². The lowest BCUT2D eigenvalue weighted by molar-refractivity contribution is -0.138. The fourth-order valence-electron chi connectivity index (χ4n) is 1.88. The minimum absolute atomic E-state index is 0.105. The van der Waals surface area contributed by atoms with Gasteiger partial charge >= 0.3 is 12.0 Å². The lowest BCUT2D eigenvalue weighted by Gasteiger charge is -2.27. The summed E-state index contributed by atoms with van der Waals surface area (Å²) in [5.41, 5.74) is -0.299. The van der Waals surface area contributed by atoms with Crippen LogP contribution in [0.3, 0.4) is 0 Å². The molecule has 21 heavy (non-hydrogen) atoms. The molecular weight excluding hydrogens is 274 g/mol. The zero-order valence-electron chi connectivity index (χ0n) is 13.5. The fraction of sp³-hybridized carbons (Fsp3) is 0.786. The van der Waals surface area contributed by atoms with E-state index in [1.54, 1.807) is 13.8 Å². The second-order valence-electron chi connectivity index (χ2n) is 6.01. The van der Waals surface area contributed by atoms with E-state index in [1.807, 2.05) is 20.8 Å². The topological polar surface area (TPSA) is 98.7 Å². The van der Waals surface area contributed by atoms with Gasteiger partial charge in [0, 0.05) is 31.1 Å². The van der Waals surface area contributed by atoms with E-state index in [9.17, 15) is 14.4 Å². The van der Waals surface area contributed by atoms with E-state index < -0.39 is 12.0 Å². The van der Waals surface area contributed by atoms with Gasteiger partial charge in [0.15, 0.2) is 0 Å². The summed E-state index contributed by atoms with van der Waals surface area (Å²) in [6, 6.07) is -0.745. The molecule has 0 fully saturated rings. The van der Waals surface area contributed by atoms with E-state index in [0.717, 1.165) is 0 Å². The number of aliphatic carboxylic acids is 1. The second-order valence-corrected chi connectivity index (χ2v) is 6.01. The highest BCUT2D eigenvalue weighted by Crippen LogP contribution is 2.04. The summed E-state index contributed by atoms with van der Waals surface area (Å²) >= 11 is 0. The predicted octanol–water partition coefficient (Wildman–Crippen LogP) is 1.19. The molecule has 0 spiro atoms. The molecule has 0 saturated carbocycles. The molecule has 7 heteroatoms. The maximum absolute atomic E-state index is 12.0. The molecule has 0 rings (SSSR count). The van der Waals surface area contributed by atoms with Crippen LogP contribution in [0.25, 0.3) is 0 Å². The molecule has 0 radical (unpaired) electrons. The number of amides is 3. The molecule has 1 unspecified atom stereocenters. The standard InChI is InChI=1S/C14H27N3O4/c1-6-17(10(2)9-12(19)20)13(21)15-8-7-11(18)16-14(3,4)5/h10H,6-9H2,1-5H3,(H,15,21)(H,16,18)(H,19,20). The van der Waals surface area contributed by atoms with Crippen LogP contribution in [0.4, 0.5) is 4.79 Å². The third-order valence-corrected chi connectivity index (χ3v) is 2.75. The van der Waals surface area contributed by atoms with E-state index in [-0.39, 0.29) is 36.9 Å². The van der Waals surface area contributed by atoms with Crippen LogP contribution in [0, 0.1) is 0 Å². The Labute approximate surface area is 126 Å². The van der Waals surface area contributed by atoms with Crippen molar-refractivity contribution < 1.29 is 19.5 Å². The minimum atomic E-state index is -0.946. The van der Waals surface area contributed by atoms with E-state index >= 15 is 0 Å². The first-order valence-corrected chi connectivity index (χ1v) is 7.14. The van der Waals surface area contributed by atoms with Gasteiger partial charge in [-0.3, -0.25) is 9.59 Å². The number of carboxylic acids is 1. The van der Waals surface area contributed by atoms with Gasteiger partial charge in [-0.1, -0.05) is 0 Å². The minimum Gasteiger partial charge on any atom is -0.481 e. The number of carbonyl (C=O) groups is 3. The fourth-order valence-corrected chi connectivity index (χ4v) is 1.88. The van der Waals surface area contributed by atoms with Crippen molar-refractivity contribution in [3.8, 4) is 0 Å². The summed E-state index contributed by atoms with van der Waals surface area (Å²) in [4.78, 5) is 35.7. The molecule has 3 N–H and O–H groups in total. The number of nitrogens with zero attached hydrogens (tertiary/aromatic N) is 1. The highest BCUT2D eigenvalue weighted by atomic mass is 16.4. The average Bonchev–Trinajstić information content (AvgIpc) is 2.25. The zero-order valence-corrected chi connectivity index (χ0v) is 13.5. The summed E-state index contributed by atoms with van der Waals surface area (Å²) in [5.74, 6) is -1.08. The van der Waals surface area contributed by atoms with Gasteiger partial charge in [0.2, 0.25) is 5.91 Å². The molecule has 1 atom stereocenters. The molecule has 0 aromatic carbocycles. The van der Waals surface area contributed by atoms with Crippen LogP contribution in [-0.2, 0) is 9.59 Å². The third-order valence-electron chi connectivity index (χ3n) is 2.75. The van der Waals surface area contributed by atoms with E-state index in [4.69, 9.17) is 5.11 Å². The van der Waals surface area contributed by atoms with Crippen LogP contribution < -0.4 is 10.6 Å². The lowest BCUT2D eigenvalue weighted by Crippen LogP contribution is -2.47. The Balaban J connectivity index is 4.22. The summed E-state index contributed by atoms with van der Waals surface area (Å²) < 4.78 is 0. The summed E-state index contributed by atoms with van der Waals surface area (Å²) in [6.45, 7) is 9.75. The molecule has 0 aliphatic rings. The van der Waals surface area contributed by atoms with Crippen molar-refractivity contribution in [1.82, 2.24) is 15.5 Å². The summed E-state index contributed by atoms with van der Waals surface area (Å²) in [7, 11) is 0. The van der Waals surface area contributed by atoms with Crippen molar-refractivity contribution in [1.29, 1.82) is 0 Å². The highest BCUT2D eigenvalue weighted by Gasteiger charge is 2.20. The van der Waals surface area contributed by atoms with Crippen molar-refractivity contribution in [2.24, 2.45) is 0 Å². The third kappa shape index (κ3) is 8.88. The molecule has 7 nitrogen and oxygen atoms in total. The highest BCUT2D eigenvalue weighted by molar-refractivity contribution is 5.79. The Kier molecular flexibility index (Phi) is 7.76. The second kappa shape index (κ2) is 8.49. The zero-order chi connectivity index (χ0) is 16.6. The monoisotopic (exact) mass is 301 g/mol. The molecule has 3 amide bonds. The number of urea groups is 1. The first kappa shape index (κ1) is 19.2. The van der Waals surface area contributed by atoms with Crippen molar-refractivity contribution in [3.05, 3.63) is 0 Å². The van der Waals surface area contributed by atoms with Crippen molar-refractivity contribution in [3.63, 3.8) is 0 Å². The van der Waals surface area contributed by atoms with Gasteiger partial charge in [0.05, 0.1) is 6.42 Å². The van der Waals surface area contributed by atoms with Crippen LogP contribution in [0.1, 0.15) is 47.5 Å². The summed E-state index contributed by atoms with van der Waals surface area (Å²) in [5, 5.41) is 14.2. The van der Waals surface area contributed by atoms with Gasteiger partial charge < -0.3 is 20.6 Å². The number of carbonyl (C=O) groups excluding carboxylic acids is 2.